The van der Waals surface area contributed by atoms with E-state index in [1.54, 1.807) is 23.0 Å². The van der Waals surface area contributed by atoms with Gasteiger partial charge in [0.05, 0.1) is 18.0 Å². The van der Waals surface area contributed by atoms with Crippen LogP contribution in [-0.2, 0) is 20.7 Å². The van der Waals surface area contributed by atoms with E-state index in [9.17, 15) is 28.5 Å². The fourth-order valence-electron chi connectivity index (χ4n) is 4.42. The highest BCUT2D eigenvalue weighted by molar-refractivity contribution is 7.81. The number of hydrogen-bond acceptors (Lipinski definition) is 11. The lowest BCUT2D eigenvalue weighted by Crippen LogP contribution is -2.38. The summed E-state index contributed by atoms with van der Waals surface area (Å²) in [5.41, 5.74) is 4.99. The molecule has 5 rings (SSSR count). The van der Waals surface area contributed by atoms with E-state index >= 15 is 0 Å². The van der Waals surface area contributed by atoms with Crippen LogP contribution in [0.3, 0.4) is 0 Å². The second-order valence-electron chi connectivity index (χ2n) is 8.87. The third-order valence-corrected chi connectivity index (χ3v) is 7.23. The summed E-state index contributed by atoms with van der Waals surface area (Å²) >= 11 is -1.92. The molecule has 3 unspecified atom stereocenters. The molecule has 5 N–H and O–H groups in total. The van der Waals surface area contributed by atoms with E-state index < -0.39 is 39.5 Å². The Morgan fingerprint density at radius 1 is 1.13 bits per heavy atom. The average Bonchev–Trinajstić information content (AvgIpc) is 3.58. The first kappa shape index (κ1) is 26.3. The van der Waals surface area contributed by atoms with Gasteiger partial charge in [-0.3, -0.25) is 28.5 Å². The normalized spacial score (nSPS) is 17.9. The summed E-state index contributed by atoms with van der Waals surface area (Å²) in [6.45, 7) is 0.199. The Bertz CT molecular complexity index is 1680. The van der Waals surface area contributed by atoms with E-state index in [-0.39, 0.29) is 54.2 Å². The summed E-state index contributed by atoms with van der Waals surface area (Å²) in [5.74, 6) is -1.52. The summed E-state index contributed by atoms with van der Waals surface area (Å²) in [6.07, 6.45) is 3.14. The molecule has 0 bridgehead atoms. The van der Waals surface area contributed by atoms with Crippen LogP contribution in [0.5, 0.6) is 5.75 Å². The number of ketones is 1. The number of amides is 1. The fraction of sp³-hybridized carbons (Fsp3) is 0.292. The molecule has 0 aliphatic carbocycles. The molecular weight excluding hydrogens is 530 g/mol. The number of Topliss-reactive ketones (excluding diaryl/α,β-unsaturated/α-hetero) is 1. The minimum atomic E-state index is -1.92. The minimum absolute atomic E-state index is 0.0969. The van der Waals surface area contributed by atoms with Gasteiger partial charge in [0.2, 0.25) is 11.3 Å². The smallest absolute Gasteiger partial charge is 0.268 e. The molecule has 0 radical (unpaired) electrons. The van der Waals surface area contributed by atoms with Crippen LogP contribution in [0, 0.1) is 0 Å². The highest BCUT2D eigenvalue weighted by Gasteiger charge is 2.29. The summed E-state index contributed by atoms with van der Waals surface area (Å²) in [7, 11) is 0. The molecule has 0 spiro atoms. The third kappa shape index (κ3) is 5.19. The zero-order valence-corrected chi connectivity index (χ0v) is 21.1. The molecule has 14 nitrogen and oxygen atoms in total. The quantitative estimate of drug-likeness (QED) is 0.152. The molecule has 1 fully saturated rings. The number of carbonyl (C=O) groups excluding carboxylic acids is 2. The van der Waals surface area contributed by atoms with Crippen LogP contribution < -0.4 is 26.0 Å². The SMILES string of the molecule is Nc1ncnc2c1ncn2C1CCC(CNS(=O)NC(=O)CCC(=O)c2ccccc2-c2c(O)c(=O)c2=O)O1. The van der Waals surface area contributed by atoms with Gasteiger partial charge in [0.1, 0.15) is 18.1 Å². The van der Waals surface area contributed by atoms with Crippen molar-refractivity contribution in [1.82, 2.24) is 29.0 Å². The molecule has 15 heteroatoms. The molecule has 202 valence electrons. The van der Waals surface area contributed by atoms with Crippen molar-refractivity contribution in [3.05, 3.63) is 62.9 Å². The predicted molar refractivity (Wildman–Crippen MR) is 139 cm³/mol. The van der Waals surface area contributed by atoms with Crippen LogP contribution in [0.2, 0.25) is 0 Å². The maximum Gasteiger partial charge on any atom is 0.268 e. The summed E-state index contributed by atoms with van der Waals surface area (Å²) in [6, 6.07) is 6.00. The first-order chi connectivity index (χ1) is 18.7. The van der Waals surface area contributed by atoms with E-state index in [4.69, 9.17) is 10.5 Å². The highest BCUT2D eigenvalue weighted by Crippen LogP contribution is 2.31. The number of carbonyl (C=O) groups is 2. The zero-order chi connectivity index (χ0) is 27.7. The van der Waals surface area contributed by atoms with Gasteiger partial charge in [-0.25, -0.2) is 23.9 Å². The number of hydrogen-bond donors (Lipinski definition) is 4. The number of aromatic nitrogens is 4. The minimum Gasteiger partial charge on any atom is -0.503 e. The van der Waals surface area contributed by atoms with Crippen molar-refractivity contribution >= 4 is 39.8 Å². The standard InChI is InChI=1S/C24H23N7O7S/c25-23-19-24(27-10-26-23)31(11-28-19)17-8-5-12(38-17)9-29-39(37)30-16(33)7-6-15(32)13-3-1-2-4-14(13)18-20(34)22(36)21(18)35/h1-4,10-12,17,29,34H,5-9H2,(H,30,33)(H2,25,26,27). The molecular formula is C24H23N7O7S. The number of aromatic hydroxyl groups is 1. The Balaban J connectivity index is 1.09. The van der Waals surface area contributed by atoms with E-state index in [1.165, 1.54) is 18.5 Å². The lowest BCUT2D eigenvalue weighted by atomic mass is 9.92. The first-order valence-electron chi connectivity index (χ1n) is 11.9. The highest BCUT2D eigenvalue weighted by atomic mass is 32.2. The summed E-state index contributed by atoms with van der Waals surface area (Å²) in [4.78, 5) is 60.5. The third-order valence-electron chi connectivity index (χ3n) is 6.39. The number of ether oxygens (including phenoxy) is 1. The number of benzene rings is 1. The number of nitrogens with two attached hydrogens (primary N) is 1. The van der Waals surface area contributed by atoms with Gasteiger partial charge in [-0.15, -0.1) is 0 Å². The van der Waals surface area contributed by atoms with Crippen LogP contribution in [0.15, 0.2) is 46.5 Å². The van der Waals surface area contributed by atoms with Gasteiger partial charge < -0.3 is 15.6 Å². The van der Waals surface area contributed by atoms with Gasteiger partial charge in [0.15, 0.2) is 34.2 Å². The van der Waals surface area contributed by atoms with E-state index in [2.05, 4.69) is 24.4 Å². The lowest BCUT2D eigenvalue weighted by Gasteiger charge is -2.15. The van der Waals surface area contributed by atoms with Crippen molar-refractivity contribution in [3.63, 3.8) is 0 Å². The molecule has 3 heterocycles. The Morgan fingerprint density at radius 3 is 2.72 bits per heavy atom. The van der Waals surface area contributed by atoms with E-state index in [0.29, 0.717) is 24.0 Å². The number of anilines is 1. The largest absolute Gasteiger partial charge is 0.503 e. The number of nitrogens with one attached hydrogen (secondary N) is 2. The second kappa shape index (κ2) is 10.8. The van der Waals surface area contributed by atoms with Crippen molar-refractivity contribution in [3.8, 4) is 16.9 Å². The molecule has 3 atom stereocenters. The second-order valence-corrected chi connectivity index (χ2v) is 9.90. The van der Waals surface area contributed by atoms with Gasteiger partial charge in [-0.05, 0) is 12.8 Å². The maximum atomic E-state index is 12.7. The van der Waals surface area contributed by atoms with Crippen LogP contribution in [0.1, 0.15) is 42.3 Å². The predicted octanol–water partition coefficient (Wildman–Crippen LogP) is 0.00230. The Kier molecular flexibility index (Phi) is 7.28. The maximum absolute atomic E-state index is 12.7. The number of rotatable bonds is 10. The number of nitrogen functional groups attached to an aromatic ring is 1. The van der Waals surface area contributed by atoms with Gasteiger partial charge in [0.25, 0.3) is 5.43 Å². The van der Waals surface area contributed by atoms with Gasteiger partial charge in [-0.2, -0.15) is 0 Å². The molecule has 1 saturated heterocycles. The Morgan fingerprint density at radius 2 is 1.92 bits per heavy atom. The molecule has 0 saturated carbocycles. The summed E-state index contributed by atoms with van der Waals surface area (Å²) in [5, 5.41) is 9.74. The number of nitrogens with zero attached hydrogens (tertiary/aromatic N) is 4. The molecule has 1 aliphatic rings. The van der Waals surface area contributed by atoms with Crippen LogP contribution in [-0.4, -0.2) is 53.2 Å². The van der Waals surface area contributed by atoms with Gasteiger partial charge >= 0.3 is 0 Å². The van der Waals surface area contributed by atoms with E-state index in [0.717, 1.165) is 0 Å². The molecule has 39 heavy (non-hydrogen) atoms. The van der Waals surface area contributed by atoms with Crippen molar-refractivity contribution in [2.75, 3.05) is 12.3 Å². The van der Waals surface area contributed by atoms with Crippen molar-refractivity contribution < 1.29 is 23.6 Å². The Labute approximate surface area is 222 Å². The zero-order valence-electron chi connectivity index (χ0n) is 20.3. The number of imidazole rings is 1. The Hall–Kier alpha value is -4.34. The summed E-state index contributed by atoms with van der Waals surface area (Å²) < 4.78 is 25.1. The fourth-order valence-corrected chi connectivity index (χ4v) is 5.14. The molecule has 2 aromatic heterocycles. The molecule has 1 aliphatic heterocycles. The molecule has 1 amide bonds. The number of fused-ring (bicyclic) bond motifs is 1. The van der Waals surface area contributed by atoms with Crippen molar-refractivity contribution in [2.45, 2.75) is 38.0 Å². The first-order valence-corrected chi connectivity index (χ1v) is 13.1. The van der Waals surface area contributed by atoms with Gasteiger partial charge in [0, 0.05) is 30.5 Å². The molecule has 4 aromatic rings. The van der Waals surface area contributed by atoms with Crippen LogP contribution in [0.25, 0.3) is 22.3 Å². The average molecular weight is 554 g/mol. The van der Waals surface area contributed by atoms with E-state index in [1.807, 2.05) is 0 Å². The van der Waals surface area contributed by atoms with Gasteiger partial charge in [-0.1, -0.05) is 24.3 Å². The van der Waals surface area contributed by atoms with Crippen LogP contribution >= 0.6 is 0 Å². The lowest BCUT2D eigenvalue weighted by molar-refractivity contribution is -0.119. The topological polar surface area (TPSA) is 208 Å². The molecule has 2 aromatic carbocycles. The van der Waals surface area contributed by atoms with Crippen molar-refractivity contribution in [1.29, 1.82) is 0 Å². The van der Waals surface area contributed by atoms with Crippen molar-refractivity contribution in [2.24, 2.45) is 0 Å². The van der Waals surface area contributed by atoms with Crippen LogP contribution in [0.4, 0.5) is 5.82 Å². The monoisotopic (exact) mass is 553 g/mol.